The van der Waals surface area contributed by atoms with E-state index in [1.807, 2.05) is 31.2 Å². The quantitative estimate of drug-likeness (QED) is 0.350. The maximum absolute atomic E-state index is 13.3. The average molecular weight is 526 g/mol. The van der Waals surface area contributed by atoms with Crippen LogP contribution in [-0.4, -0.2) is 38.2 Å². The molecule has 2 aliphatic heterocycles. The van der Waals surface area contributed by atoms with Crippen LogP contribution < -0.4 is 18.9 Å². The third kappa shape index (κ3) is 4.52. The normalized spacial score (nSPS) is 15.8. The molecule has 0 spiro atoms. The van der Waals surface area contributed by atoms with Crippen molar-refractivity contribution in [2.45, 2.75) is 19.9 Å². The molecule has 36 heavy (non-hydrogen) atoms. The smallest absolute Gasteiger partial charge is 0.232 e. The van der Waals surface area contributed by atoms with Gasteiger partial charge in [0.1, 0.15) is 18.2 Å². The summed E-state index contributed by atoms with van der Waals surface area (Å²) in [6, 6.07) is 13.0. The van der Waals surface area contributed by atoms with Crippen LogP contribution in [0.15, 0.2) is 48.2 Å². The molecule has 0 N–H and O–H groups in total. The number of halogens is 2. The Kier molecular flexibility index (Phi) is 6.84. The van der Waals surface area contributed by atoms with Gasteiger partial charge in [-0.1, -0.05) is 35.3 Å². The molecule has 0 saturated carbocycles. The first-order valence-electron chi connectivity index (χ1n) is 11.5. The first-order valence-corrected chi connectivity index (χ1v) is 12.3. The third-order valence-electron chi connectivity index (χ3n) is 6.43. The molecule has 3 aromatic carbocycles. The number of hydrogen-bond donors (Lipinski definition) is 0. The molecule has 0 aromatic heterocycles. The van der Waals surface area contributed by atoms with Crippen molar-refractivity contribution in [1.82, 2.24) is 4.90 Å². The number of hydrogen-bond acceptors (Lipinski definition) is 6. The van der Waals surface area contributed by atoms with Gasteiger partial charge in [-0.3, -0.25) is 9.69 Å². The molecule has 0 amide bonds. The van der Waals surface area contributed by atoms with Crippen LogP contribution in [0.3, 0.4) is 0 Å². The van der Waals surface area contributed by atoms with E-state index in [-0.39, 0.29) is 11.5 Å². The highest BCUT2D eigenvalue weighted by atomic mass is 35.5. The molecule has 0 fully saturated rings. The fourth-order valence-corrected chi connectivity index (χ4v) is 5.03. The van der Waals surface area contributed by atoms with Gasteiger partial charge < -0.3 is 18.9 Å². The van der Waals surface area contributed by atoms with Crippen LogP contribution in [0.1, 0.15) is 32.6 Å². The highest BCUT2D eigenvalue weighted by Crippen LogP contribution is 2.44. The third-order valence-corrected chi connectivity index (χ3v) is 7.09. The number of allylic oxidation sites excluding steroid dienone is 1. The highest BCUT2D eigenvalue weighted by molar-refractivity contribution is 6.37. The lowest BCUT2D eigenvalue weighted by atomic mass is 9.98. The van der Waals surface area contributed by atoms with Gasteiger partial charge in [0.2, 0.25) is 5.78 Å². The van der Waals surface area contributed by atoms with Crippen LogP contribution in [0.25, 0.3) is 6.08 Å². The summed E-state index contributed by atoms with van der Waals surface area (Å²) in [7, 11) is 3.25. The van der Waals surface area contributed by atoms with E-state index >= 15 is 0 Å². The lowest BCUT2D eigenvalue weighted by molar-refractivity contribution is 0.0949. The molecule has 6 nitrogen and oxygen atoms in total. The molecule has 0 radical (unpaired) electrons. The Morgan fingerprint density at radius 1 is 1.06 bits per heavy atom. The Morgan fingerprint density at radius 3 is 2.53 bits per heavy atom. The van der Waals surface area contributed by atoms with E-state index in [0.717, 1.165) is 35.4 Å². The van der Waals surface area contributed by atoms with Gasteiger partial charge in [0.25, 0.3) is 0 Å². The Bertz CT molecular complexity index is 1360. The van der Waals surface area contributed by atoms with E-state index < -0.39 is 0 Å². The molecule has 8 heteroatoms. The summed E-state index contributed by atoms with van der Waals surface area (Å²) in [6.07, 6.45) is 2.40. The summed E-state index contributed by atoms with van der Waals surface area (Å²) in [6.45, 7) is 3.69. The molecule has 2 aliphatic rings. The minimum atomic E-state index is -0.191. The van der Waals surface area contributed by atoms with Gasteiger partial charge in [0.15, 0.2) is 17.3 Å². The topological polar surface area (TPSA) is 57.2 Å². The summed E-state index contributed by atoms with van der Waals surface area (Å²) in [5, 5.41) is 0.900. The summed E-state index contributed by atoms with van der Waals surface area (Å²) in [4.78, 5) is 15.5. The summed E-state index contributed by atoms with van der Waals surface area (Å²) >= 11 is 12.6. The first-order chi connectivity index (χ1) is 17.4. The van der Waals surface area contributed by atoms with Gasteiger partial charge in [-0.05, 0) is 60.9 Å². The molecule has 2 heterocycles. The van der Waals surface area contributed by atoms with Gasteiger partial charge >= 0.3 is 0 Å². The molecule has 5 rings (SSSR count). The standard InChI is InChI=1S/C28H25Cl2NO5/c1-16-11-23-19(14-31(15-35-23)10-9-17-7-8-22(33-2)24(12-17)34-3)28-26(16)27(32)25(36-28)13-18-20(29)5-4-6-21(18)30/h4-8,11-13H,9-10,14-15H2,1-3H3/b25-13+. The minimum absolute atomic E-state index is 0.191. The van der Waals surface area contributed by atoms with E-state index in [2.05, 4.69) is 4.90 Å². The van der Waals surface area contributed by atoms with Crippen molar-refractivity contribution >= 4 is 35.1 Å². The lowest BCUT2D eigenvalue weighted by Crippen LogP contribution is -2.34. The summed E-state index contributed by atoms with van der Waals surface area (Å²) in [5.41, 5.74) is 3.89. The summed E-state index contributed by atoms with van der Waals surface area (Å²) in [5.74, 6) is 2.68. The summed E-state index contributed by atoms with van der Waals surface area (Å²) < 4.78 is 23.0. The van der Waals surface area contributed by atoms with Crippen molar-refractivity contribution in [2.24, 2.45) is 0 Å². The number of rotatable bonds is 6. The number of carbonyl (C=O) groups excluding carboxylic acids is 1. The Labute approximate surface area is 219 Å². The fourth-order valence-electron chi connectivity index (χ4n) is 4.52. The fraction of sp³-hybridized carbons (Fsp3) is 0.250. The largest absolute Gasteiger partial charge is 0.493 e. The number of Topliss-reactive ketones (excluding diaryl/α,β-unsaturated/α-hetero) is 1. The second kappa shape index (κ2) is 10.1. The van der Waals surface area contributed by atoms with Crippen molar-refractivity contribution in [3.8, 4) is 23.0 Å². The number of benzene rings is 3. The molecule has 3 aromatic rings. The van der Waals surface area contributed by atoms with Crippen LogP contribution in [0, 0.1) is 6.92 Å². The molecule has 0 atom stereocenters. The molecule has 186 valence electrons. The molecule has 0 unspecified atom stereocenters. The van der Waals surface area contributed by atoms with Gasteiger partial charge in [-0.25, -0.2) is 0 Å². The van der Waals surface area contributed by atoms with Crippen molar-refractivity contribution in [3.63, 3.8) is 0 Å². The van der Waals surface area contributed by atoms with Crippen molar-refractivity contribution in [2.75, 3.05) is 27.5 Å². The van der Waals surface area contributed by atoms with Crippen LogP contribution in [-0.2, 0) is 13.0 Å². The average Bonchev–Trinajstić information content (AvgIpc) is 3.21. The van der Waals surface area contributed by atoms with Crippen LogP contribution in [0.5, 0.6) is 23.0 Å². The van der Waals surface area contributed by atoms with E-state index in [1.165, 1.54) is 0 Å². The van der Waals surface area contributed by atoms with Crippen LogP contribution in [0.4, 0.5) is 0 Å². The number of methoxy groups -OCH3 is 2. The predicted molar refractivity (Wildman–Crippen MR) is 140 cm³/mol. The maximum atomic E-state index is 13.3. The first kappa shape index (κ1) is 24.5. The highest BCUT2D eigenvalue weighted by Gasteiger charge is 2.35. The predicted octanol–water partition coefficient (Wildman–Crippen LogP) is 6.33. The monoisotopic (exact) mass is 525 g/mol. The van der Waals surface area contributed by atoms with E-state index in [4.69, 9.17) is 42.1 Å². The molecule has 0 saturated heterocycles. The maximum Gasteiger partial charge on any atom is 0.232 e. The number of aryl methyl sites for hydroxylation is 1. The van der Waals surface area contributed by atoms with Crippen molar-refractivity contribution < 1.29 is 23.7 Å². The second-order valence-electron chi connectivity index (χ2n) is 8.71. The zero-order valence-electron chi connectivity index (χ0n) is 20.2. The Balaban J connectivity index is 1.38. The number of carbonyl (C=O) groups is 1. The molecular weight excluding hydrogens is 501 g/mol. The number of ketones is 1. The van der Waals surface area contributed by atoms with Gasteiger partial charge in [-0.15, -0.1) is 0 Å². The second-order valence-corrected chi connectivity index (χ2v) is 9.53. The Hall–Kier alpha value is -3.19. The zero-order valence-corrected chi connectivity index (χ0v) is 21.7. The van der Waals surface area contributed by atoms with Crippen molar-refractivity contribution in [3.05, 3.63) is 86.1 Å². The lowest BCUT2D eigenvalue weighted by Gasteiger charge is -2.30. The van der Waals surface area contributed by atoms with Gasteiger partial charge in [0, 0.05) is 28.7 Å². The van der Waals surface area contributed by atoms with Crippen molar-refractivity contribution in [1.29, 1.82) is 0 Å². The van der Waals surface area contributed by atoms with E-state index in [9.17, 15) is 4.79 Å². The van der Waals surface area contributed by atoms with E-state index in [0.29, 0.717) is 51.7 Å². The van der Waals surface area contributed by atoms with Gasteiger partial charge in [-0.2, -0.15) is 0 Å². The SMILES string of the molecule is COc1ccc(CCN2COc3cc(C)c4c(c3C2)O/C(=C/c2c(Cl)cccc2Cl)C4=O)cc1OC. The van der Waals surface area contributed by atoms with Gasteiger partial charge in [0.05, 0.1) is 25.3 Å². The molecule has 0 aliphatic carbocycles. The Morgan fingerprint density at radius 2 is 1.81 bits per heavy atom. The number of nitrogens with zero attached hydrogens (tertiary/aromatic N) is 1. The zero-order chi connectivity index (χ0) is 25.4. The molecule has 0 bridgehead atoms. The molecular formula is C28H25Cl2NO5. The number of fused-ring (bicyclic) bond motifs is 3. The van der Waals surface area contributed by atoms with E-state index in [1.54, 1.807) is 38.5 Å². The minimum Gasteiger partial charge on any atom is -0.493 e. The number of ether oxygens (including phenoxy) is 4. The van der Waals surface area contributed by atoms with Crippen LogP contribution in [0.2, 0.25) is 10.0 Å². The van der Waals surface area contributed by atoms with Crippen LogP contribution >= 0.6 is 23.2 Å².